The van der Waals surface area contributed by atoms with Gasteiger partial charge in [0.1, 0.15) is 5.69 Å². The van der Waals surface area contributed by atoms with Gasteiger partial charge in [0.15, 0.2) is 6.10 Å². The van der Waals surface area contributed by atoms with Crippen LogP contribution in [0.1, 0.15) is 17.4 Å². The van der Waals surface area contributed by atoms with Crippen molar-refractivity contribution in [2.45, 2.75) is 13.0 Å². The number of ether oxygens (including phenoxy) is 1. The Morgan fingerprint density at radius 1 is 1.07 bits per heavy atom. The third-order valence-corrected chi connectivity index (χ3v) is 4.47. The molecule has 3 rings (SSSR count). The lowest BCUT2D eigenvalue weighted by molar-refractivity contribution is -0.123. The van der Waals surface area contributed by atoms with Crippen molar-refractivity contribution in [3.05, 3.63) is 74.6 Å². The molecule has 2 aromatic carbocycles. The number of amides is 1. The van der Waals surface area contributed by atoms with Gasteiger partial charge >= 0.3 is 5.97 Å². The Morgan fingerprint density at radius 2 is 1.74 bits per heavy atom. The molecule has 6 nitrogen and oxygen atoms in total. The molecule has 27 heavy (non-hydrogen) atoms. The predicted octanol–water partition coefficient (Wildman–Crippen LogP) is 4.02. The number of rotatable bonds is 4. The van der Waals surface area contributed by atoms with Crippen molar-refractivity contribution < 1.29 is 14.3 Å². The number of hydrogen-bond acceptors (Lipinski definition) is 4. The van der Waals surface area contributed by atoms with Gasteiger partial charge in [0.2, 0.25) is 0 Å². The monoisotopic (exact) mass is 404 g/mol. The number of carbonyl (C=O) groups excluding carboxylic acids is 2. The molecule has 1 amide bonds. The molecule has 1 aromatic heterocycles. The Morgan fingerprint density at radius 3 is 2.44 bits per heavy atom. The van der Waals surface area contributed by atoms with E-state index in [0.29, 0.717) is 10.8 Å². The molecule has 0 saturated heterocycles. The standard InChI is InChI=1S/C19H14Cl2N2O4/c1-10(17(24)23-16-13(20)7-4-8-14(16)21)27-19(26)15-9-11-5-2-3-6-12(11)18(25)22-15/h2-10H,1H3,(H,22,25)(H,23,24)/t10-/m1/s1. The highest BCUT2D eigenvalue weighted by Crippen LogP contribution is 2.30. The first kappa shape index (κ1) is 18.9. The number of fused-ring (bicyclic) bond motifs is 1. The highest BCUT2D eigenvalue weighted by molar-refractivity contribution is 6.39. The van der Waals surface area contributed by atoms with Crippen LogP contribution in [0.25, 0.3) is 10.8 Å². The van der Waals surface area contributed by atoms with Crippen LogP contribution in [0.3, 0.4) is 0 Å². The zero-order chi connectivity index (χ0) is 19.6. The molecule has 0 bridgehead atoms. The molecule has 0 unspecified atom stereocenters. The normalized spacial score (nSPS) is 11.8. The molecule has 0 radical (unpaired) electrons. The Labute approximate surface area is 164 Å². The summed E-state index contributed by atoms with van der Waals surface area (Å²) in [7, 11) is 0. The van der Waals surface area contributed by atoms with Crippen molar-refractivity contribution in [3.63, 3.8) is 0 Å². The van der Waals surface area contributed by atoms with Crippen LogP contribution in [0.5, 0.6) is 0 Å². The topological polar surface area (TPSA) is 88.3 Å². The van der Waals surface area contributed by atoms with E-state index >= 15 is 0 Å². The van der Waals surface area contributed by atoms with E-state index in [1.54, 1.807) is 42.5 Å². The lowest BCUT2D eigenvalue weighted by Crippen LogP contribution is -2.31. The molecule has 8 heteroatoms. The number of nitrogens with one attached hydrogen (secondary N) is 2. The van der Waals surface area contributed by atoms with E-state index in [4.69, 9.17) is 27.9 Å². The third kappa shape index (κ3) is 4.13. The van der Waals surface area contributed by atoms with E-state index in [1.807, 2.05) is 0 Å². The first-order chi connectivity index (χ1) is 12.9. The van der Waals surface area contributed by atoms with Gasteiger partial charge in [-0.2, -0.15) is 0 Å². The fourth-order valence-corrected chi connectivity index (χ4v) is 2.93. The highest BCUT2D eigenvalue weighted by Gasteiger charge is 2.21. The highest BCUT2D eigenvalue weighted by atomic mass is 35.5. The fraction of sp³-hybridized carbons (Fsp3) is 0.105. The average Bonchev–Trinajstić information content (AvgIpc) is 2.64. The summed E-state index contributed by atoms with van der Waals surface area (Å²) in [5.41, 5.74) is -0.234. The number of benzene rings is 2. The molecule has 3 aromatic rings. The fourth-order valence-electron chi connectivity index (χ4n) is 2.44. The number of esters is 1. The van der Waals surface area contributed by atoms with Crippen molar-refractivity contribution in [2.24, 2.45) is 0 Å². The van der Waals surface area contributed by atoms with E-state index in [2.05, 4.69) is 10.3 Å². The van der Waals surface area contributed by atoms with Gasteiger partial charge in [-0.15, -0.1) is 0 Å². The zero-order valence-electron chi connectivity index (χ0n) is 14.1. The molecule has 0 aliphatic rings. The second-order valence-corrected chi connectivity index (χ2v) is 6.55. The Kier molecular flexibility index (Phi) is 5.48. The van der Waals surface area contributed by atoms with Crippen LogP contribution < -0.4 is 10.9 Å². The number of para-hydroxylation sites is 1. The quantitative estimate of drug-likeness (QED) is 0.642. The van der Waals surface area contributed by atoms with Gasteiger partial charge in [-0.25, -0.2) is 4.79 Å². The predicted molar refractivity (Wildman–Crippen MR) is 105 cm³/mol. The van der Waals surface area contributed by atoms with Crippen LogP contribution >= 0.6 is 23.2 Å². The molecule has 0 fully saturated rings. The second kappa shape index (κ2) is 7.82. The average molecular weight is 405 g/mol. The van der Waals surface area contributed by atoms with Gasteiger partial charge in [0.05, 0.1) is 15.7 Å². The first-order valence-electron chi connectivity index (χ1n) is 7.94. The summed E-state index contributed by atoms with van der Waals surface area (Å²) in [5, 5.41) is 4.08. The largest absolute Gasteiger partial charge is 0.448 e. The molecule has 0 saturated carbocycles. The first-order valence-corrected chi connectivity index (χ1v) is 8.70. The van der Waals surface area contributed by atoms with Crippen LogP contribution in [-0.2, 0) is 9.53 Å². The van der Waals surface area contributed by atoms with Crippen LogP contribution in [0.2, 0.25) is 10.0 Å². The molecule has 0 aliphatic carbocycles. The van der Waals surface area contributed by atoms with E-state index in [9.17, 15) is 14.4 Å². The Balaban J connectivity index is 1.75. The van der Waals surface area contributed by atoms with E-state index < -0.39 is 23.5 Å². The van der Waals surface area contributed by atoms with Crippen molar-refractivity contribution in [1.82, 2.24) is 4.98 Å². The summed E-state index contributed by atoms with van der Waals surface area (Å²) in [6, 6.07) is 13.1. The maximum atomic E-state index is 12.3. The molecule has 2 N–H and O–H groups in total. The SMILES string of the molecule is C[C@@H](OC(=O)c1cc2ccccc2c(=O)[nH]1)C(=O)Nc1c(Cl)cccc1Cl. The summed E-state index contributed by atoms with van der Waals surface area (Å²) in [6.07, 6.45) is -1.14. The third-order valence-electron chi connectivity index (χ3n) is 3.84. The Hall–Kier alpha value is -2.83. The number of halogens is 2. The summed E-state index contributed by atoms with van der Waals surface area (Å²) in [6.45, 7) is 1.40. The van der Waals surface area contributed by atoms with Gasteiger partial charge in [0.25, 0.3) is 11.5 Å². The van der Waals surface area contributed by atoms with E-state index in [0.717, 1.165) is 0 Å². The molecule has 1 atom stereocenters. The molecular formula is C19H14Cl2N2O4. The van der Waals surface area contributed by atoms with Crippen molar-refractivity contribution >= 4 is 51.5 Å². The minimum Gasteiger partial charge on any atom is -0.448 e. The number of aromatic amines is 1. The van der Waals surface area contributed by atoms with E-state index in [1.165, 1.54) is 13.0 Å². The van der Waals surface area contributed by atoms with Gasteiger partial charge in [-0.3, -0.25) is 9.59 Å². The lowest BCUT2D eigenvalue weighted by atomic mass is 10.1. The molecule has 1 heterocycles. The van der Waals surface area contributed by atoms with Crippen molar-refractivity contribution in [3.8, 4) is 0 Å². The minimum absolute atomic E-state index is 0.0471. The van der Waals surface area contributed by atoms with Crippen LogP contribution in [0, 0.1) is 0 Å². The number of carbonyl (C=O) groups is 2. The summed E-state index contributed by atoms with van der Waals surface area (Å²) >= 11 is 12.0. The maximum absolute atomic E-state index is 12.3. The number of aromatic nitrogens is 1. The van der Waals surface area contributed by atoms with Gasteiger partial charge in [-0.05, 0) is 36.6 Å². The van der Waals surface area contributed by atoms with Crippen LogP contribution in [0.4, 0.5) is 5.69 Å². The second-order valence-electron chi connectivity index (χ2n) is 5.73. The molecule has 0 spiro atoms. The van der Waals surface area contributed by atoms with Gasteiger partial charge < -0.3 is 15.0 Å². The van der Waals surface area contributed by atoms with Gasteiger partial charge in [0, 0.05) is 5.39 Å². The maximum Gasteiger partial charge on any atom is 0.355 e. The summed E-state index contributed by atoms with van der Waals surface area (Å²) in [4.78, 5) is 39.1. The molecule has 138 valence electrons. The number of anilines is 1. The number of pyridine rings is 1. The van der Waals surface area contributed by atoms with Crippen LogP contribution in [0.15, 0.2) is 53.3 Å². The van der Waals surface area contributed by atoms with Crippen molar-refractivity contribution in [2.75, 3.05) is 5.32 Å². The van der Waals surface area contributed by atoms with Crippen molar-refractivity contribution in [1.29, 1.82) is 0 Å². The number of H-pyrrole nitrogens is 1. The van der Waals surface area contributed by atoms with Gasteiger partial charge in [-0.1, -0.05) is 47.5 Å². The molecule has 0 aliphatic heterocycles. The van der Waals surface area contributed by atoms with Crippen LogP contribution in [-0.4, -0.2) is 23.0 Å². The lowest BCUT2D eigenvalue weighted by Gasteiger charge is -2.15. The minimum atomic E-state index is -1.14. The Bertz CT molecular complexity index is 1070. The smallest absolute Gasteiger partial charge is 0.355 e. The summed E-state index contributed by atoms with van der Waals surface area (Å²) in [5.74, 6) is -1.44. The zero-order valence-corrected chi connectivity index (χ0v) is 15.6. The summed E-state index contributed by atoms with van der Waals surface area (Å²) < 4.78 is 5.15. The molecular weight excluding hydrogens is 391 g/mol. The van der Waals surface area contributed by atoms with E-state index in [-0.39, 0.29) is 21.4 Å². The number of hydrogen-bond donors (Lipinski definition) is 2.